The van der Waals surface area contributed by atoms with Crippen LogP contribution in [0.5, 0.6) is 0 Å². The van der Waals surface area contributed by atoms with Gasteiger partial charge in [0, 0.05) is 5.92 Å². The highest BCUT2D eigenvalue weighted by Gasteiger charge is 2.27. The Hall–Kier alpha value is -1.23. The average molecular weight is 193 g/mol. The molecule has 76 valence electrons. The first kappa shape index (κ1) is 9.33. The Morgan fingerprint density at radius 1 is 1.29 bits per heavy atom. The Morgan fingerprint density at radius 2 is 2.00 bits per heavy atom. The van der Waals surface area contributed by atoms with Gasteiger partial charge in [-0.3, -0.25) is 0 Å². The van der Waals surface area contributed by atoms with Crippen LogP contribution in [-0.2, 0) is 6.54 Å². The molecular formula is C9H15N5. The van der Waals surface area contributed by atoms with Crippen molar-refractivity contribution < 1.29 is 0 Å². The molecule has 2 N–H and O–H groups in total. The maximum Gasteiger partial charge on any atom is 0.223 e. The summed E-state index contributed by atoms with van der Waals surface area (Å²) in [6.07, 6.45) is 2.37. The molecule has 0 unspecified atom stereocenters. The molecule has 14 heavy (non-hydrogen) atoms. The van der Waals surface area contributed by atoms with Gasteiger partial charge in [0.15, 0.2) is 0 Å². The number of nitrogens with zero attached hydrogens (tertiary/aromatic N) is 4. The van der Waals surface area contributed by atoms with Gasteiger partial charge >= 0.3 is 0 Å². The molecule has 1 saturated carbocycles. The third kappa shape index (κ3) is 2.17. The number of anilines is 1. The number of rotatable bonds is 3. The lowest BCUT2D eigenvalue weighted by Gasteiger charge is -2.09. The van der Waals surface area contributed by atoms with Gasteiger partial charge in [0.1, 0.15) is 11.6 Å². The minimum Gasteiger partial charge on any atom is -0.368 e. The van der Waals surface area contributed by atoms with E-state index in [2.05, 4.69) is 15.0 Å². The fourth-order valence-corrected chi connectivity index (χ4v) is 1.33. The van der Waals surface area contributed by atoms with Crippen LogP contribution in [0.1, 0.15) is 30.4 Å². The van der Waals surface area contributed by atoms with Gasteiger partial charge < -0.3 is 10.6 Å². The van der Waals surface area contributed by atoms with Crippen molar-refractivity contribution in [1.29, 1.82) is 0 Å². The van der Waals surface area contributed by atoms with Crippen LogP contribution >= 0.6 is 0 Å². The van der Waals surface area contributed by atoms with Crippen molar-refractivity contribution in [3.05, 3.63) is 11.6 Å². The van der Waals surface area contributed by atoms with Gasteiger partial charge in [-0.25, -0.2) is 4.98 Å². The van der Waals surface area contributed by atoms with E-state index >= 15 is 0 Å². The third-order valence-electron chi connectivity index (χ3n) is 2.12. The maximum absolute atomic E-state index is 5.62. The Balaban J connectivity index is 2.22. The maximum atomic E-state index is 5.62. The van der Waals surface area contributed by atoms with Crippen molar-refractivity contribution in [3.63, 3.8) is 0 Å². The summed E-state index contributed by atoms with van der Waals surface area (Å²) in [6, 6.07) is 0. The molecule has 0 aliphatic heterocycles. The van der Waals surface area contributed by atoms with Crippen molar-refractivity contribution in [1.82, 2.24) is 19.9 Å². The fraction of sp³-hybridized carbons (Fsp3) is 0.667. The predicted molar refractivity (Wildman–Crippen MR) is 53.6 cm³/mol. The number of hydrogen-bond acceptors (Lipinski definition) is 5. The molecule has 0 radical (unpaired) electrons. The standard InChI is InChI=1S/C9H15N5/c1-14(2)5-7-11-8(6-3-4-6)13-9(10)12-7/h6H,3-5H2,1-2H3,(H2,10,11,12,13). The Morgan fingerprint density at radius 3 is 2.57 bits per heavy atom. The first-order valence-electron chi connectivity index (χ1n) is 4.80. The van der Waals surface area contributed by atoms with E-state index in [0.717, 1.165) is 11.6 Å². The number of hydrogen-bond donors (Lipinski definition) is 1. The highest BCUT2D eigenvalue weighted by Crippen LogP contribution is 2.37. The third-order valence-corrected chi connectivity index (χ3v) is 2.12. The molecule has 0 bridgehead atoms. The minimum absolute atomic E-state index is 0.346. The van der Waals surface area contributed by atoms with E-state index in [9.17, 15) is 0 Å². The van der Waals surface area contributed by atoms with E-state index in [4.69, 9.17) is 5.73 Å². The van der Waals surface area contributed by atoms with Crippen LogP contribution in [-0.4, -0.2) is 33.9 Å². The molecule has 1 aliphatic rings. The first-order chi connectivity index (χ1) is 6.65. The van der Waals surface area contributed by atoms with Crippen LogP contribution in [0.2, 0.25) is 0 Å². The lowest BCUT2D eigenvalue weighted by atomic mass is 10.4. The van der Waals surface area contributed by atoms with Gasteiger partial charge in [-0.2, -0.15) is 9.97 Å². The molecule has 0 saturated heterocycles. The second kappa shape index (κ2) is 3.49. The van der Waals surface area contributed by atoms with Gasteiger partial charge in [-0.1, -0.05) is 0 Å². The van der Waals surface area contributed by atoms with Crippen LogP contribution in [0.25, 0.3) is 0 Å². The summed E-state index contributed by atoms with van der Waals surface area (Å²) in [6.45, 7) is 0.715. The molecule has 1 fully saturated rings. The highest BCUT2D eigenvalue weighted by molar-refractivity contribution is 5.19. The van der Waals surface area contributed by atoms with E-state index in [0.29, 0.717) is 18.4 Å². The van der Waals surface area contributed by atoms with Gasteiger partial charge in [-0.15, -0.1) is 0 Å². The molecule has 5 nitrogen and oxygen atoms in total. The molecule has 1 heterocycles. The topological polar surface area (TPSA) is 67.9 Å². The van der Waals surface area contributed by atoms with E-state index in [1.807, 2.05) is 19.0 Å². The van der Waals surface area contributed by atoms with E-state index in [-0.39, 0.29) is 0 Å². The van der Waals surface area contributed by atoms with Gasteiger partial charge in [0.05, 0.1) is 6.54 Å². The molecule has 0 spiro atoms. The summed E-state index contributed by atoms with van der Waals surface area (Å²) in [4.78, 5) is 14.6. The molecule has 0 aromatic carbocycles. The monoisotopic (exact) mass is 193 g/mol. The van der Waals surface area contributed by atoms with Gasteiger partial charge in [0.25, 0.3) is 0 Å². The summed E-state index contributed by atoms with van der Waals surface area (Å²) < 4.78 is 0. The van der Waals surface area contributed by atoms with E-state index in [1.54, 1.807) is 0 Å². The number of nitrogen functional groups attached to an aromatic ring is 1. The molecule has 1 aromatic heterocycles. The zero-order chi connectivity index (χ0) is 10.1. The Kier molecular flexibility index (Phi) is 2.33. The fourth-order valence-electron chi connectivity index (χ4n) is 1.33. The number of nitrogens with two attached hydrogens (primary N) is 1. The normalized spacial score (nSPS) is 16.2. The summed E-state index contributed by atoms with van der Waals surface area (Å²) in [5.74, 6) is 2.51. The summed E-state index contributed by atoms with van der Waals surface area (Å²) >= 11 is 0. The second-order valence-electron chi connectivity index (χ2n) is 3.98. The highest BCUT2D eigenvalue weighted by atomic mass is 15.1. The minimum atomic E-state index is 0.346. The predicted octanol–water partition coefficient (Wildman–Crippen LogP) is 0.393. The molecule has 2 rings (SSSR count). The van der Waals surface area contributed by atoms with Crippen LogP contribution in [0.15, 0.2) is 0 Å². The molecular weight excluding hydrogens is 178 g/mol. The number of aromatic nitrogens is 3. The largest absolute Gasteiger partial charge is 0.368 e. The molecule has 1 aromatic rings. The zero-order valence-corrected chi connectivity index (χ0v) is 8.56. The quantitative estimate of drug-likeness (QED) is 0.752. The summed E-state index contributed by atoms with van der Waals surface area (Å²) in [7, 11) is 3.97. The van der Waals surface area contributed by atoms with Gasteiger partial charge in [0.2, 0.25) is 5.95 Å². The average Bonchev–Trinajstić information content (AvgIpc) is 2.82. The van der Waals surface area contributed by atoms with Crippen molar-refractivity contribution in [2.75, 3.05) is 19.8 Å². The Bertz CT molecular complexity index is 332. The molecule has 5 heteroatoms. The summed E-state index contributed by atoms with van der Waals surface area (Å²) in [5.41, 5.74) is 5.62. The molecule has 0 atom stereocenters. The van der Waals surface area contributed by atoms with E-state index < -0.39 is 0 Å². The van der Waals surface area contributed by atoms with Crippen LogP contribution in [0.4, 0.5) is 5.95 Å². The van der Waals surface area contributed by atoms with Crippen LogP contribution in [0.3, 0.4) is 0 Å². The lowest BCUT2D eigenvalue weighted by Crippen LogP contribution is -2.16. The van der Waals surface area contributed by atoms with Crippen LogP contribution < -0.4 is 5.73 Å². The summed E-state index contributed by atoms with van der Waals surface area (Å²) in [5, 5.41) is 0. The Labute approximate surface area is 83.4 Å². The molecule has 0 amide bonds. The lowest BCUT2D eigenvalue weighted by molar-refractivity contribution is 0.389. The second-order valence-corrected chi connectivity index (χ2v) is 3.98. The zero-order valence-electron chi connectivity index (χ0n) is 8.56. The van der Waals surface area contributed by atoms with Crippen molar-refractivity contribution in [2.24, 2.45) is 0 Å². The van der Waals surface area contributed by atoms with Gasteiger partial charge in [-0.05, 0) is 26.9 Å². The SMILES string of the molecule is CN(C)Cc1nc(N)nc(C2CC2)n1. The van der Waals surface area contributed by atoms with E-state index in [1.165, 1.54) is 12.8 Å². The van der Waals surface area contributed by atoms with Crippen molar-refractivity contribution in [2.45, 2.75) is 25.3 Å². The van der Waals surface area contributed by atoms with Crippen molar-refractivity contribution >= 4 is 5.95 Å². The van der Waals surface area contributed by atoms with Crippen molar-refractivity contribution in [3.8, 4) is 0 Å². The van der Waals surface area contributed by atoms with Crippen LogP contribution in [0, 0.1) is 0 Å². The first-order valence-corrected chi connectivity index (χ1v) is 4.80. The smallest absolute Gasteiger partial charge is 0.223 e. The molecule has 1 aliphatic carbocycles.